The number of carbonyl (C=O) groups excluding carboxylic acids is 1. The third-order valence-corrected chi connectivity index (χ3v) is 4.59. The number of hydrogen-bond donors (Lipinski definition) is 1. The number of hydrogen-bond acceptors (Lipinski definition) is 4. The lowest BCUT2D eigenvalue weighted by Crippen LogP contribution is -2.40. The van der Waals surface area contributed by atoms with Crippen LogP contribution in [0, 0.1) is 0 Å². The average molecular weight is 358 g/mol. The summed E-state index contributed by atoms with van der Waals surface area (Å²) in [5, 5.41) is 9.51. The molecule has 1 aliphatic rings. The molecule has 7 nitrogen and oxygen atoms in total. The van der Waals surface area contributed by atoms with Crippen molar-refractivity contribution in [3.8, 4) is 0 Å². The lowest BCUT2D eigenvalue weighted by molar-refractivity contribution is -0.139. The zero-order valence-electron chi connectivity index (χ0n) is 14.5. The van der Waals surface area contributed by atoms with Crippen LogP contribution in [0.15, 0.2) is 41.3 Å². The van der Waals surface area contributed by atoms with Crippen LogP contribution in [-0.2, 0) is 20.9 Å². The van der Waals surface area contributed by atoms with Gasteiger partial charge in [-0.3, -0.25) is 14.4 Å². The lowest BCUT2D eigenvalue weighted by Gasteiger charge is -2.25. The standard InChI is InChI=1S/C19H22N2O5/c22-17-7-9-20(16-6-2-1-5-15(16)17)13-18(23)21(10-8-19(24)25)12-14-4-3-11-26-14/h1-2,5-7,9,14H,3-4,8,10-13H2,(H,24,25). The number of para-hydroxylation sites is 1. The first-order valence-corrected chi connectivity index (χ1v) is 8.74. The summed E-state index contributed by atoms with van der Waals surface area (Å²) >= 11 is 0. The topological polar surface area (TPSA) is 88.8 Å². The summed E-state index contributed by atoms with van der Waals surface area (Å²) in [4.78, 5) is 37.3. The Hall–Kier alpha value is -2.67. The van der Waals surface area contributed by atoms with E-state index in [1.54, 1.807) is 33.9 Å². The molecule has 3 rings (SSSR count). The second-order valence-corrected chi connectivity index (χ2v) is 6.44. The Labute approximate surface area is 150 Å². The lowest BCUT2D eigenvalue weighted by atomic mass is 10.2. The number of fused-ring (bicyclic) bond motifs is 1. The van der Waals surface area contributed by atoms with Crippen LogP contribution in [0.25, 0.3) is 10.9 Å². The van der Waals surface area contributed by atoms with Crippen molar-refractivity contribution in [3.05, 3.63) is 46.8 Å². The first-order valence-electron chi connectivity index (χ1n) is 8.74. The van der Waals surface area contributed by atoms with E-state index >= 15 is 0 Å². The van der Waals surface area contributed by atoms with Crippen molar-refractivity contribution in [1.82, 2.24) is 9.47 Å². The van der Waals surface area contributed by atoms with Crippen molar-refractivity contribution in [2.45, 2.75) is 31.9 Å². The zero-order chi connectivity index (χ0) is 18.5. The average Bonchev–Trinajstić information content (AvgIpc) is 3.14. The number of nitrogens with zero attached hydrogens (tertiary/aromatic N) is 2. The molecule has 1 aromatic heterocycles. The van der Waals surface area contributed by atoms with Crippen molar-refractivity contribution < 1.29 is 19.4 Å². The van der Waals surface area contributed by atoms with E-state index < -0.39 is 5.97 Å². The highest BCUT2D eigenvalue weighted by Crippen LogP contribution is 2.15. The van der Waals surface area contributed by atoms with E-state index in [0.29, 0.717) is 24.1 Å². The number of aliphatic carboxylic acids is 1. The van der Waals surface area contributed by atoms with E-state index in [1.165, 1.54) is 6.07 Å². The highest BCUT2D eigenvalue weighted by atomic mass is 16.5. The molecule has 0 bridgehead atoms. The molecular weight excluding hydrogens is 336 g/mol. The molecule has 1 atom stereocenters. The summed E-state index contributed by atoms with van der Waals surface area (Å²) < 4.78 is 7.31. The normalized spacial score (nSPS) is 16.7. The van der Waals surface area contributed by atoms with Crippen molar-refractivity contribution in [2.24, 2.45) is 0 Å². The molecule has 1 fully saturated rings. The Morgan fingerprint density at radius 3 is 2.81 bits per heavy atom. The van der Waals surface area contributed by atoms with Gasteiger partial charge >= 0.3 is 5.97 Å². The summed E-state index contributed by atoms with van der Waals surface area (Å²) in [5.41, 5.74) is 0.593. The van der Waals surface area contributed by atoms with E-state index in [1.807, 2.05) is 6.07 Å². The van der Waals surface area contributed by atoms with Gasteiger partial charge in [-0.25, -0.2) is 0 Å². The molecule has 0 spiro atoms. The molecule has 1 N–H and O–H groups in total. The minimum Gasteiger partial charge on any atom is -0.481 e. The summed E-state index contributed by atoms with van der Waals surface area (Å²) in [7, 11) is 0. The Morgan fingerprint density at radius 1 is 1.27 bits per heavy atom. The van der Waals surface area contributed by atoms with E-state index in [-0.39, 0.29) is 37.0 Å². The van der Waals surface area contributed by atoms with Gasteiger partial charge in [0.15, 0.2) is 5.43 Å². The second-order valence-electron chi connectivity index (χ2n) is 6.44. The fraction of sp³-hybridized carbons (Fsp3) is 0.421. The monoisotopic (exact) mass is 358 g/mol. The quantitative estimate of drug-likeness (QED) is 0.810. The largest absolute Gasteiger partial charge is 0.481 e. The van der Waals surface area contributed by atoms with Gasteiger partial charge in [0.2, 0.25) is 5.91 Å². The number of carboxylic acid groups (broad SMARTS) is 1. The van der Waals surface area contributed by atoms with Gasteiger partial charge in [0, 0.05) is 37.3 Å². The molecule has 26 heavy (non-hydrogen) atoms. The molecule has 2 heterocycles. The van der Waals surface area contributed by atoms with E-state index in [4.69, 9.17) is 9.84 Å². The maximum atomic E-state index is 12.8. The van der Waals surface area contributed by atoms with Crippen LogP contribution >= 0.6 is 0 Å². The van der Waals surface area contributed by atoms with Gasteiger partial charge in [-0.2, -0.15) is 0 Å². The molecule has 7 heteroatoms. The highest BCUT2D eigenvalue weighted by molar-refractivity contribution is 5.82. The molecular formula is C19H22N2O5. The molecule has 0 aliphatic carbocycles. The summed E-state index contributed by atoms with van der Waals surface area (Å²) in [6.45, 7) is 1.26. The minimum atomic E-state index is -0.941. The van der Waals surface area contributed by atoms with Gasteiger partial charge in [0.05, 0.1) is 18.0 Å². The van der Waals surface area contributed by atoms with Gasteiger partial charge < -0.3 is 19.3 Å². The molecule has 1 amide bonds. The van der Waals surface area contributed by atoms with E-state index in [9.17, 15) is 14.4 Å². The Morgan fingerprint density at radius 2 is 2.08 bits per heavy atom. The fourth-order valence-corrected chi connectivity index (χ4v) is 3.23. The molecule has 138 valence electrons. The predicted molar refractivity (Wildman–Crippen MR) is 96.0 cm³/mol. The zero-order valence-corrected chi connectivity index (χ0v) is 14.5. The third-order valence-electron chi connectivity index (χ3n) is 4.59. The van der Waals surface area contributed by atoms with Crippen LogP contribution in [0.2, 0.25) is 0 Å². The number of ether oxygens (including phenoxy) is 1. The maximum absolute atomic E-state index is 12.8. The Kier molecular flexibility index (Phi) is 5.68. The van der Waals surface area contributed by atoms with Crippen molar-refractivity contribution in [3.63, 3.8) is 0 Å². The predicted octanol–water partition coefficient (Wildman–Crippen LogP) is 1.48. The van der Waals surface area contributed by atoms with Crippen LogP contribution in [0.3, 0.4) is 0 Å². The Bertz CT molecular complexity index is 854. The van der Waals surface area contributed by atoms with Crippen LogP contribution in [0.1, 0.15) is 19.3 Å². The number of benzene rings is 1. The maximum Gasteiger partial charge on any atom is 0.305 e. The van der Waals surface area contributed by atoms with Crippen molar-refractivity contribution >= 4 is 22.8 Å². The smallest absolute Gasteiger partial charge is 0.305 e. The summed E-state index contributed by atoms with van der Waals surface area (Å²) in [6.07, 6.45) is 3.28. The van der Waals surface area contributed by atoms with Gasteiger partial charge in [0.25, 0.3) is 0 Å². The Balaban J connectivity index is 1.79. The van der Waals surface area contributed by atoms with Crippen molar-refractivity contribution in [1.29, 1.82) is 0 Å². The van der Waals surface area contributed by atoms with Crippen LogP contribution < -0.4 is 5.43 Å². The van der Waals surface area contributed by atoms with Crippen LogP contribution in [0.5, 0.6) is 0 Å². The number of pyridine rings is 1. The molecule has 0 radical (unpaired) electrons. The first-order chi connectivity index (χ1) is 12.5. The molecule has 2 aromatic rings. The van der Waals surface area contributed by atoms with Gasteiger partial charge in [-0.15, -0.1) is 0 Å². The molecule has 1 unspecified atom stereocenters. The van der Waals surface area contributed by atoms with Gasteiger partial charge in [-0.1, -0.05) is 12.1 Å². The number of carboxylic acids is 1. The molecule has 1 saturated heterocycles. The summed E-state index contributed by atoms with van der Waals surface area (Å²) in [6, 6.07) is 8.57. The van der Waals surface area contributed by atoms with Crippen molar-refractivity contribution in [2.75, 3.05) is 19.7 Å². The van der Waals surface area contributed by atoms with Gasteiger partial charge in [0.1, 0.15) is 6.54 Å². The third kappa shape index (κ3) is 4.29. The number of amides is 1. The molecule has 1 aromatic carbocycles. The van der Waals surface area contributed by atoms with E-state index in [2.05, 4.69) is 0 Å². The SMILES string of the molecule is O=C(O)CCN(CC1CCCO1)C(=O)Cn1ccc(=O)c2ccccc21. The van der Waals surface area contributed by atoms with Crippen LogP contribution in [0.4, 0.5) is 0 Å². The molecule has 1 aliphatic heterocycles. The second kappa shape index (κ2) is 8.14. The van der Waals surface area contributed by atoms with Crippen LogP contribution in [-0.4, -0.2) is 52.3 Å². The number of carbonyl (C=O) groups is 2. The fourth-order valence-electron chi connectivity index (χ4n) is 3.23. The minimum absolute atomic E-state index is 0.0430. The van der Waals surface area contributed by atoms with Gasteiger partial charge in [-0.05, 0) is 25.0 Å². The summed E-state index contributed by atoms with van der Waals surface area (Å²) in [5.74, 6) is -1.13. The van der Waals surface area contributed by atoms with E-state index in [0.717, 1.165) is 12.8 Å². The first kappa shape index (κ1) is 18.1. The number of aromatic nitrogens is 1. The highest BCUT2D eigenvalue weighted by Gasteiger charge is 2.23. The molecule has 0 saturated carbocycles. The number of rotatable bonds is 7.